The Balaban J connectivity index is 2.91. The largest absolute Gasteiger partial charge is 0.376 e. The third kappa shape index (κ3) is 15.7. The van der Waals surface area contributed by atoms with Gasteiger partial charge in [0.1, 0.15) is 0 Å². The summed E-state index contributed by atoms with van der Waals surface area (Å²) in [6.45, 7) is 11.6. The summed E-state index contributed by atoms with van der Waals surface area (Å²) in [4.78, 5) is 0. The van der Waals surface area contributed by atoms with Gasteiger partial charge in [-0.15, -0.1) is 0 Å². The lowest BCUT2D eigenvalue weighted by Gasteiger charge is -2.06. The SMILES string of the molecule is C=C(C)COCCNCCCCCCCCC. The highest BCUT2D eigenvalue weighted by molar-refractivity contribution is 4.87. The van der Waals surface area contributed by atoms with E-state index in [1.807, 2.05) is 6.92 Å². The first-order valence-corrected chi connectivity index (χ1v) is 7.20. The van der Waals surface area contributed by atoms with Gasteiger partial charge in [0.2, 0.25) is 0 Å². The lowest BCUT2D eigenvalue weighted by Crippen LogP contribution is -2.21. The van der Waals surface area contributed by atoms with Crippen LogP contribution < -0.4 is 5.32 Å². The summed E-state index contributed by atoms with van der Waals surface area (Å²) >= 11 is 0. The zero-order chi connectivity index (χ0) is 12.8. The van der Waals surface area contributed by atoms with Crippen LogP contribution in [0.4, 0.5) is 0 Å². The van der Waals surface area contributed by atoms with Crippen molar-refractivity contribution in [3.05, 3.63) is 12.2 Å². The molecular weight excluding hydrogens is 210 g/mol. The normalized spacial score (nSPS) is 10.7. The van der Waals surface area contributed by atoms with Gasteiger partial charge in [0, 0.05) is 6.54 Å². The molecule has 1 N–H and O–H groups in total. The second-order valence-corrected chi connectivity index (χ2v) is 4.88. The van der Waals surface area contributed by atoms with Crippen LogP contribution in [0.1, 0.15) is 58.8 Å². The molecule has 0 rings (SSSR count). The van der Waals surface area contributed by atoms with Gasteiger partial charge in [-0.2, -0.15) is 0 Å². The molecule has 0 amide bonds. The van der Waals surface area contributed by atoms with Crippen LogP contribution in [0.15, 0.2) is 12.2 Å². The molecule has 0 saturated heterocycles. The summed E-state index contributed by atoms with van der Waals surface area (Å²) in [7, 11) is 0. The van der Waals surface area contributed by atoms with E-state index in [1.165, 1.54) is 44.9 Å². The van der Waals surface area contributed by atoms with Crippen LogP contribution in [-0.4, -0.2) is 26.3 Å². The highest BCUT2D eigenvalue weighted by Gasteiger charge is 1.92. The fraction of sp³-hybridized carbons (Fsp3) is 0.867. The van der Waals surface area contributed by atoms with Crippen LogP contribution in [0, 0.1) is 0 Å². The number of unbranched alkanes of at least 4 members (excludes halogenated alkanes) is 6. The molecule has 17 heavy (non-hydrogen) atoms. The molecule has 0 aromatic carbocycles. The van der Waals surface area contributed by atoms with Crippen molar-refractivity contribution < 1.29 is 4.74 Å². The van der Waals surface area contributed by atoms with Crippen molar-refractivity contribution in [1.82, 2.24) is 5.32 Å². The molecule has 102 valence electrons. The molecule has 0 heterocycles. The minimum absolute atomic E-state index is 0.694. The first-order valence-electron chi connectivity index (χ1n) is 7.20. The molecule has 0 atom stereocenters. The van der Waals surface area contributed by atoms with Crippen LogP contribution >= 0.6 is 0 Å². The third-order valence-corrected chi connectivity index (χ3v) is 2.73. The Labute approximate surface area is 108 Å². The molecule has 0 unspecified atom stereocenters. The van der Waals surface area contributed by atoms with Crippen molar-refractivity contribution in [3.8, 4) is 0 Å². The van der Waals surface area contributed by atoms with Gasteiger partial charge in [-0.25, -0.2) is 0 Å². The number of ether oxygens (including phenoxy) is 1. The fourth-order valence-corrected chi connectivity index (χ4v) is 1.72. The Hall–Kier alpha value is -0.340. The maximum absolute atomic E-state index is 5.41. The molecule has 0 radical (unpaired) electrons. The molecule has 0 aromatic rings. The van der Waals surface area contributed by atoms with Gasteiger partial charge in [0.25, 0.3) is 0 Å². The van der Waals surface area contributed by atoms with E-state index < -0.39 is 0 Å². The van der Waals surface area contributed by atoms with Gasteiger partial charge in [0.05, 0.1) is 13.2 Å². The summed E-state index contributed by atoms with van der Waals surface area (Å²) in [6, 6.07) is 0. The summed E-state index contributed by atoms with van der Waals surface area (Å²) in [6.07, 6.45) is 9.63. The van der Waals surface area contributed by atoms with Gasteiger partial charge >= 0.3 is 0 Å². The lowest BCUT2D eigenvalue weighted by atomic mass is 10.1. The van der Waals surface area contributed by atoms with E-state index in [0.717, 1.165) is 25.3 Å². The molecule has 0 fully saturated rings. The van der Waals surface area contributed by atoms with E-state index >= 15 is 0 Å². The highest BCUT2D eigenvalue weighted by atomic mass is 16.5. The maximum Gasteiger partial charge on any atom is 0.0672 e. The van der Waals surface area contributed by atoms with E-state index in [2.05, 4.69) is 18.8 Å². The predicted octanol–water partition coefficient (Wildman–Crippen LogP) is 3.92. The zero-order valence-electron chi connectivity index (χ0n) is 11.9. The van der Waals surface area contributed by atoms with E-state index in [9.17, 15) is 0 Å². The molecule has 0 spiro atoms. The summed E-state index contributed by atoms with van der Waals surface area (Å²) in [5, 5.41) is 3.41. The Morgan fingerprint density at radius 1 is 1.00 bits per heavy atom. The standard InChI is InChI=1S/C15H31NO/c1-4-5-6-7-8-9-10-11-16-12-13-17-14-15(2)3/h16H,2,4-14H2,1,3H3. The summed E-state index contributed by atoms with van der Waals surface area (Å²) in [5.41, 5.74) is 1.09. The van der Waals surface area contributed by atoms with Crippen LogP contribution in [0.3, 0.4) is 0 Å². The van der Waals surface area contributed by atoms with Crippen molar-refractivity contribution in [3.63, 3.8) is 0 Å². The third-order valence-electron chi connectivity index (χ3n) is 2.73. The quantitative estimate of drug-likeness (QED) is 0.390. The van der Waals surface area contributed by atoms with Crippen molar-refractivity contribution in [2.24, 2.45) is 0 Å². The van der Waals surface area contributed by atoms with Gasteiger partial charge in [-0.1, -0.05) is 57.6 Å². The fourth-order valence-electron chi connectivity index (χ4n) is 1.72. The van der Waals surface area contributed by atoms with Crippen LogP contribution in [0.5, 0.6) is 0 Å². The lowest BCUT2D eigenvalue weighted by molar-refractivity contribution is 0.158. The molecule has 0 bridgehead atoms. The predicted molar refractivity (Wildman–Crippen MR) is 76.5 cm³/mol. The average molecular weight is 241 g/mol. The zero-order valence-corrected chi connectivity index (χ0v) is 11.9. The first kappa shape index (κ1) is 16.7. The Bertz CT molecular complexity index is 168. The highest BCUT2D eigenvalue weighted by Crippen LogP contribution is 2.06. The molecule has 0 aromatic heterocycles. The molecular formula is C15H31NO. The second-order valence-electron chi connectivity index (χ2n) is 4.88. The summed E-state index contributed by atoms with van der Waals surface area (Å²) < 4.78 is 5.41. The average Bonchev–Trinajstić information content (AvgIpc) is 2.30. The topological polar surface area (TPSA) is 21.3 Å². The second kappa shape index (κ2) is 13.7. The Morgan fingerprint density at radius 3 is 2.29 bits per heavy atom. The molecule has 2 heteroatoms. The number of nitrogens with one attached hydrogen (secondary N) is 1. The monoisotopic (exact) mass is 241 g/mol. The maximum atomic E-state index is 5.41. The number of hydrogen-bond acceptors (Lipinski definition) is 2. The van der Waals surface area contributed by atoms with Crippen molar-refractivity contribution in [2.75, 3.05) is 26.3 Å². The molecule has 0 saturated carbocycles. The molecule has 2 nitrogen and oxygen atoms in total. The van der Waals surface area contributed by atoms with Crippen LogP contribution in [0.2, 0.25) is 0 Å². The number of rotatable bonds is 13. The van der Waals surface area contributed by atoms with Gasteiger partial charge < -0.3 is 10.1 Å². The van der Waals surface area contributed by atoms with Crippen molar-refractivity contribution >= 4 is 0 Å². The first-order chi connectivity index (χ1) is 8.27. The molecule has 0 aliphatic rings. The minimum Gasteiger partial charge on any atom is -0.376 e. The van der Waals surface area contributed by atoms with Gasteiger partial charge in [-0.3, -0.25) is 0 Å². The Kier molecular flexibility index (Phi) is 13.4. The molecule has 0 aliphatic carbocycles. The van der Waals surface area contributed by atoms with Gasteiger partial charge in [0.15, 0.2) is 0 Å². The molecule has 0 aliphatic heterocycles. The number of hydrogen-bond donors (Lipinski definition) is 1. The van der Waals surface area contributed by atoms with Gasteiger partial charge in [-0.05, 0) is 19.9 Å². The van der Waals surface area contributed by atoms with E-state index in [1.54, 1.807) is 0 Å². The van der Waals surface area contributed by atoms with E-state index in [-0.39, 0.29) is 0 Å². The smallest absolute Gasteiger partial charge is 0.0672 e. The van der Waals surface area contributed by atoms with E-state index in [4.69, 9.17) is 4.74 Å². The minimum atomic E-state index is 0.694. The van der Waals surface area contributed by atoms with Crippen LogP contribution in [-0.2, 0) is 4.74 Å². The summed E-state index contributed by atoms with van der Waals surface area (Å²) in [5.74, 6) is 0. The Morgan fingerprint density at radius 2 is 1.65 bits per heavy atom. The van der Waals surface area contributed by atoms with Crippen molar-refractivity contribution in [1.29, 1.82) is 0 Å². The van der Waals surface area contributed by atoms with E-state index in [0.29, 0.717) is 6.61 Å². The van der Waals surface area contributed by atoms with Crippen molar-refractivity contribution in [2.45, 2.75) is 58.8 Å². The van der Waals surface area contributed by atoms with Crippen LogP contribution in [0.25, 0.3) is 0 Å².